The Morgan fingerprint density at radius 2 is 1.73 bits per heavy atom. The molecule has 2 bridgehead atoms. The quantitative estimate of drug-likeness (QED) is 0.529. The predicted octanol–water partition coefficient (Wildman–Crippen LogP) is 6.10. The van der Waals surface area contributed by atoms with E-state index in [0.717, 1.165) is 56.6 Å². The predicted molar refractivity (Wildman–Crippen MR) is 132 cm³/mol. The molecular weight excluding hydrogens is 410 g/mol. The second-order valence-electron chi connectivity index (χ2n) is 8.91. The van der Waals surface area contributed by atoms with Crippen LogP contribution in [0.25, 0.3) is 0 Å². The SMILES string of the molecule is CCc1ccc(CN2CCCCCOc3ccc(C(=O)O)cc3Cc3cccc(c3)C2)cc1. The summed E-state index contributed by atoms with van der Waals surface area (Å²) >= 11 is 0. The fourth-order valence-corrected chi connectivity index (χ4v) is 4.46. The van der Waals surface area contributed by atoms with Crippen molar-refractivity contribution < 1.29 is 14.6 Å². The Bertz CT molecular complexity index is 1070. The Labute approximate surface area is 196 Å². The van der Waals surface area contributed by atoms with E-state index < -0.39 is 5.97 Å². The Hall–Kier alpha value is -3.11. The Kier molecular flexibility index (Phi) is 7.79. The van der Waals surface area contributed by atoms with Crippen LogP contribution < -0.4 is 4.74 Å². The zero-order valence-corrected chi connectivity index (χ0v) is 19.4. The minimum absolute atomic E-state index is 0.301. The number of rotatable bonds is 4. The molecular formula is C29H33NO3. The van der Waals surface area contributed by atoms with Gasteiger partial charge < -0.3 is 9.84 Å². The molecule has 0 amide bonds. The smallest absolute Gasteiger partial charge is 0.335 e. The molecule has 0 saturated heterocycles. The summed E-state index contributed by atoms with van der Waals surface area (Å²) in [6.45, 7) is 5.74. The number of aromatic carboxylic acids is 1. The van der Waals surface area contributed by atoms with Crippen LogP contribution in [0, 0.1) is 0 Å². The number of fused-ring (bicyclic) bond motifs is 3. The van der Waals surface area contributed by atoms with Crippen LogP contribution in [0.15, 0.2) is 66.7 Å². The number of ether oxygens (including phenoxy) is 1. The van der Waals surface area contributed by atoms with Gasteiger partial charge in [0.05, 0.1) is 12.2 Å². The maximum Gasteiger partial charge on any atom is 0.335 e. The van der Waals surface area contributed by atoms with Gasteiger partial charge in [-0.1, -0.05) is 55.5 Å². The molecule has 1 aliphatic heterocycles. The van der Waals surface area contributed by atoms with Gasteiger partial charge in [0.15, 0.2) is 0 Å². The van der Waals surface area contributed by atoms with Crippen LogP contribution in [0.3, 0.4) is 0 Å². The van der Waals surface area contributed by atoms with Gasteiger partial charge in [-0.25, -0.2) is 4.79 Å². The van der Waals surface area contributed by atoms with Gasteiger partial charge in [0.2, 0.25) is 0 Å². The van der Waals surface area contributed by atoms with E-state index in [1.807, 2.05) is 0 Å². The van der Waals surface area contributed by atoms with Crippen LogP contribution >= 0.6 is 0 Å². The van der Waals surface area contributed by atoms with Gasteiger partial charge in [0, 0.05) is 19.5 Å². The van der Waals surface area contributed by atoms with Gasteiger partial charge >= 0.3 is 5.97 Å². The molecule has 4 rings (SSSR count). The van der Waals surface area contributed by atoms with Gasteiger partial charge in [0.1, 0.15) is 5.75 Å². The highest BCUT2D eigenvalue weighted by Crippen LogP contribution is 2.25. The van der Waals surface area contributed by atoms with E-state index in [9.17, 15) is 9.90 Å². The lowest BCUT2D eigenvalue weighted by Gasteiger charge is -2.23. The number of aryl methyl sites for hydroxylation is 1. The molecule has 172 valence electrons. The molecule has 4 heteroatoms. The zero-order chi connectivity index (χ0) is 23.0. The molecule has 1 aliphatic rings. The minimum atomic E-state index is -0.909. The average Bonchev–Trinajstić information content (AvgIpc) is 2.82. The first-order chi connectivity index (χ1) is 16.1. The molecule has 0 aromatic heterocycles. The molecule has 0 saturated carbocycles. The normalized spacial score (nSPS) is 15.2. The van der Waals surface area contributed by atoms with Crippen molar-refractivity contribution in [3.8, 4) is 5.75 Å². The van der Waals surface area contributed by atoms with Crippen molar-refractivity contribution in [2.75, 3.05) is 13.2 Å². The van der Waals surface area contributed by atoms with Crippen molar-refractivity contribution in [2.45, 2.75) is 52.1 Å². The number of carbonyl (C=O) groups is 1. The van der Waals surface area contributed by atoms with Crippen molar-refractivity contribution in [1.82, 2.24) is 4.90 Å². The van der Waals surface area contributed by atoms with Crippen LogP contribution in [-0.2, 0) is 25.9 Å². The van der Waals surface area contributed by atoms with Gasteiger partial charge in [-0.3, -0.25) is 4.90 Å². The highest BCUT2D eigenvalue weighted by Gasteiger charge is 2.13. The van der Waals surface area contributed by atoms with Crippen LogP contribution in [-0.4, -0.2) is 29.1 Å². The topological polar surface area (TPSA) is 49.8 Å². The third-order valence-corrected chi connectivity index (χ3v) is 6.31. The Morgan fingerprint density at radius 1 is 0.939 bits per heavy atom. The summed E-state index contributed by atoms with van der Waals surface area (Å²) in [5.41, 5.74) is 6.41. The van der Waals surface area contributed by atoms with Crippen LogP contribution in [0.2, 0.25) is 0 Å². The van der Waals surface area contributed by atoms with E-state index in [-0.39, 0.29) is 0 Å². The Morgan fingerprint density at radius 3 is 2.52 bits per heavy atom. The van der Waals surface area contributed by atoms with Gasteiger partial charge in [-0.05, 0) is 78.2 Å². The summed E-state index contributed by atoms with van der Waals surface area (Å²) in [5, 5.41) is 9.44. The van der Waals surface area contributed by atoms with Crippen molar-refractivity contribution >= 4 is 5.97 Å². The number of hydrogen-bond donors (Lipinski definition) is 1. The summed E-state index contributed by atoms with van der Waals surface area (Å²) in [6, 6.07) is 22.8. The molecule has 0 fully saturated rings. The second kappa shape index (κ2) is 11.2. The summed E-state index contributed by atoms with van der Waals surface area (Å²) in [6.07, 6.45) is 4.94. The summed E-state index contributed by atoms with van der Waals surface area (Å²) in [5.74, 6) is -0.117. The van der Waals surface area contributed by atoms with Gasteiger partial charge in [-0.15, -0.1) is 0 Å². The zero-order valence-electron chi connectivity index (χ0n) is 19.4. The van der Waals surface area contributed by atoms with Gasteiger partial charge in [-0.2, -0.15) is 0 Å². The number of hydrogen-bond acceptors (Lipinski definition) is 3. The van der Waals surface area contributed by atoms with Gasteiger partial charge in [0.25, 0.3) is 0 Å². The molecule has 0 aliphatic carbocycles. The average molecular weight is 444 g/mol. The standard InChI is InChI=1S/C29H33NO3/c1-2-22-9-11-23(12-10-22)20-30-15-4-3-5-16-33-28-14-13-26(29(31)32)19-27(28)18-24-7-6-8-25(17-24)21-30/h6-14,17,19H,2-5,15-16,18,20-21H2,1H3,(H,31,32). The molecule has 1 N–H and O–H groups in total. The first kappa shape index (κ1) is 23.1. The second-order valence-corrected chi connectivity index (χ2v) is 8.91. The number of carboxylic acid groups (broad SMARTS) is 1. The fraction of sp³-hybridized carbons (Fsp3) is 0.345. The van der Waals surface area contributed by atoms with Crippen molar-refractivity contribution in [2.24, 2.45) is 0 Å². The third kappa shape index (κ3) is 6.45. The third-order valence-electron chi connectivity index (χ3n) is 6.31. The largest absolute Gasteiger partial charge is 0.493 e. The van der Waals surface area contributed by atoms with Crippen LogP contribution in [0.1, 0.15) is 64.4 Å². The maximum absolute atomic E-state index is 11.5. The Balaban J connectivity index is 1.57. The summed E-state index contributed by atoms with van der Waals surface area (Å²) in [4.78, 5) is 14.0. The lowest BCUT2D eigenvalue weighted by molar-refractivity contribution is 0.0696. The highest BCUT2D eigenvalue weighted by atomic mass is 16.5. The first-order valence-electron chi connectivity index (χ1n) is 12.0. The molecule has 3 aromatic rings. The summed E-state index contributed by atoms with van der Waals surface area (Å²) in [7, 11) is 0. The molecule has 0 radical (unpaired) electrons. The van der Waals surface area contributed by atoms with Crippen LogP contribution in [0.5, 0.6) is 5.75 Å². The molecule has 33 heavy (non-hydrogen) atoms. The van der Waals surface area contributed by atoms with Crippen LogP contribution in [0.4, 0.5) is 0 Å². The number of nitrogens with zero attached hydrogens (tertiary/aromatic N) is 1. The number of benzene rings is 3. The highest BCUT2D eigenvalue weighted by molar-refractivity contribution is 5.88. The van der Waals surface area contributed by atoms with Crippen molar-refractivity contribution in [3.63, 3.8) is 0 Å². The number of carboxylic acids is 1. The molecule has 0 spiro atoms. The van der Waals surface area contributed by atoms with E-state index in [4.69, 9.17) is 4.74 Å². The molecule has 4 nitrogen and oxygen atoms in total. The van der Waals surface area contributed by atoms with E-state index in [0.29, 0.717) is 18.6 Å². The van der Waals surface area contributed by atoms with Crippen molar-refractivity contribution in [1.29, 1.82) is 0 Å². The minimum Gasteiger partial charge on any atom is -0.493 e. The molecule has 1 heterocycles. The maximum atomic E-state index is 11.5. The summed E-state index contributed by atoms with van der Waals surface area (Å²) < 4.78 is 6.08. The lowest BCUT2D eigenvalue weighted by Crippen LogP contribution is -2.24. The van der Waals surface area contributed by atoms with E-state index in [2.05, 4.69) is 60.4 Å². The van der Waals surface area contributed by atoms with E-state index >= 15 is 0 Å². The first-order valence-corrected chi connectivity index (χ1v) is 12.0. The molecule has 0 unspecified atom stereocenters. The molecule has 3 aromatic carbocycles. The molecule has 0 atom stereocenters. The van der Waals surface area contributed by atoms with E-state index in [1.165, 1.54) is 22.3 Å². The van der Waals surface area contributed by atoms with E-state index in [1.54, 1.807) is 18.2 Å². The van der Waals surface area contributed by atoms with Crippen molar-refractivity contribution in [3.05, 3.63) is 100 Å². The lowest BCUT2D eigenvalue weighted by atomic mass is 9.99. The monoisotopic (exact) mass is 443 g/mol. The fourth-order valence-electron chi connectivity index (χ4n) is 4.46.